The molecule has 0 aliphatic carbocycles. The first-order chi connectivity index (χ1) is 15.4. The summed E-state index contributed by atoms with van der Waals surface area (Å²) in [5.41, 5.74) is 3.05. The standard InChI is InChI=1S/C25H28N2O5/c1-16-3-4-17(2)20(15-16)23(29)21-22(18-5-7-19(28)8-6-18)27(25(31)24(21)30)10-9-26-11-13-32-14-12-26/h3-8,15,22,28-29H,9-14H2,1-2H3. The van der Waals surface area contributed by atoms with Gasteiger partial charge in [-0.1, -0.05) is 29.8 Å². The molecule has 0 aromatic heterocycles. The lowest BCUT2D eigenvalue weighted by atomic mass is 9.93. The number of aliphatic hydroxyl groups excluding tert-OH is 1. The highest BCUT2D eigenvalue weighted by Crippen LogP contribution is 2.40. The molecule has 2 fully saturated rings. The van der Waals surface area contributed by atoms with Gasteiger partial charge in [-0.25, -0.2) is 0 Å². The number of benzene rings is 2. The van der Waals surface area contributed by atoms with Crippen LogP contribution in [0.1, 0.15) is 28.3 Å². The average Bonchev–Trinajstić information content (AvgIpc) is 3.05. The number of nitrogens with zero attached hydrogens (tertiary/aromatic N) is 2. The van der Waals surface area contributed by atoms with E-state index in [2.05, 4.69) is 4.90 Å². The zero-order valence-corrected chi connectivity index (χ0v) is 18.4. The summed E-state index contributed by atoms with van der Waals surface area (Å²) >= 11 is 0. The molecular weight excluding hydrogens is 408 g/mol. The molecule has 32 heavy (non-hydrogen) atoms. The van der Waals surface area contributed by atoms with Gasteiger partial charge in [-0.3, -0.25) is 14.5 Å². The Hall–Kier alpha value is -3.16. The van der Waals surface area contributed by atoms with Crippen LogP contribution >= 0.6 is 0 Å². The van der Waals surface area contributed by atoms with Gasteiger partial charge < -0.3 is 19.8 Å². The third kappa shape index (κ3) is 4.26. The van der Waals surface area contributed by atoms with Crippen LogP contribution in [0.5, 0.6) is 5.75 Å². The van der Waals surface area contributed by atoms with Gasteiger partial charge in [-0.2, -0.15) is 0 Å². The maximum Gasteiger partial charge on any atom is 0.295 e. The maximum absolute atomic E-state index is 13.1. The van der Waals surface area contributed by atoms with Crippen molar-refractivity contribution in [3.05, 3.63) is 70.3 Å². The van der Waals surface area contributed by atoms with E-state index < -0.39 is 17.7 Å². The van der Waals surface area contributed by atoms with Crippen LogP contribution in [0.4, 0.5) is 0 Å². The molecule has 0 bridgehead atoms. The quantitative estimate of drug-likeness (QED) is 0.426. The molecule has 2 aromatic rings. The lowest BCUT2D eigenvalue weighted by molar-refractivity contribution is -0.140. The van der Waals surface area contributed by atoms with E-state index >= 15 is 0 Å². The molecule has 2 aliphatic rings. The Labute approximate surface area is 187 Å². The van der Waals surface area contributed by atoms with Crippen LogP contribution in [-0.4, -0.2) is 71.1 Å². The Balaban J connectivity index is 1.76. The number of hydrogen-bond acceptors (Lipinski definition) is 6. The van der Waals surface area contributed by atoms with E-state index in [1.54, 1.807) is 12.1 Å². The predicted molar refractivity (Wildman–Crippen MR) is 120 cm³/mol. The van der Waals surface area contributed by atoms with E-state index in [1.807, 2.05) is 32.0 Å². The van der Waals surface area contributed by atoms with Crippen molar-refractivity contribution in [1.82, 2.24) is 9.80 Å². The van der Waals surface area contributed by atoms with Gasteiger partial charge in [0.1, 0.15) is 11.5 Å². The topological polar surface area (TPSA) is 90.3 Å². The second-order valence-corrected chi connectivity index (χ2v) is 8.36. The number of ether oxygens (including phenoxy) is 1. The molecule has 2 saturated heterocycles. The van der Waals surface area contributed by atoms with Crippen LogP contribution in [0.3, 0.4) is 0 Å². The summed E-state index contributed by atoms with van der Waals surface area (Å²) in [5, 5.41) is 21.0. The van der Waals surface area contributed by atoms with E-state index in [1.165, 1.54) is 17.0 Å². The number of morpholine rings is 1. The van der Waals surface area contributed by atoms with Gasteiger partial charge in [0.2, 0.25) is 0 Å². The molecule has 2 aliphatic heterocycles. The van der Waals surface area contributed by atoms with Crippen molar-refractivity contribution in [2.24, 2.45) is 0 Å². The Morgan fingerprint density at radius 2 is 1.72 bits per heavy atom. The van der Waals surface area contributed by atoms with Crippen LogP contribution in [0.2, 0.25) is 0 Å². The highest BCUT2D eigenvalue weighted by atomic mass is 16.5. The molecular formula is C25H28N2O5. The van der Waals surface area contributed by atoms with Crippen LogP contribution < -0.4 is 0 Å². The first-order valence-electron chi connectivity index (χ1n) is 10.8. The summed E-state index contributed by atoms with van der Waals surface area (Å²) in [6.07, 6.45) is 0. The molecule has 2 aromatic carbocycles. The zero-order chi connectivity index (χ0) is 22.8. The van der Waals surface area contributed by atoms with E-state index in [-0.39, 0.29) is 17.1 Å². The molecule has 0 radical (unpaired) electrons. The minimum atomic E-state index is -0.725. The third-order valence-electron chi connectivity index (χ3n) is 6.16. The Bertz CT molecular complexity index is 1050. The second kappa shape index (κ2) is 9.14. The average molecular weight is 437 g/mol. The van der Waals surface area contributed by atoms with E-state index in [4.69, 9.17) is 4.74 Å². The van der Waals surface area contributed by atoms with E-state index in [9.17, 15) is 19.8 Å². The summed E-state index contributed by atoms with van der Waals surface area (Å²) < 4.78 is 5.39. The fourth-order valence-corrected chi connectivity index (χ4v) is 4.32. The van der Waals surface area contributed by atoms with Gasteiger partial charge in [0, 0.05) is 31.7 Å². The van der Waals surface area contributed by atoms with Crippen molar-refractivity contribution in [3.8, 4) is 5.75 Å². The number of carbonyl (C=O) groups is 2. The Morgan fingerprint density at radius 1 is 1.03 bits per heavy atom. The van der Waals surface area contributed by atoms with Crippen molar-refractivity contribution < 1.29 is 24.5 Å². The minimum absolute atomic E-state index is 0.0800. The smallest absolute Gasteiger partial charge is 0.295 e. The molecule has 2 heterocycles. The number of amides is 1. The molecule has 168 valence electrons. The van der Waals surface area contributed by atoms with Gasteiger partial charge in [0.15, 0.2) is 0 Å². The monoisotopic (exact) mass is 436 g/mol. The SMILES string of the molecule is Cc1ccc(C)c(C(O)=C2C(=O)C(=O)N(CCN3CCOCC3)C2c2ccc(O)cc2)c1. The third-order valence-corrected chi connectivity index (χ3v) is 6.16. The molecule has 2 N–H and O–H groups in total. The van der Waals surface area contributed by atoms with Crippen molar-refractivity contribution in [1.29, 1.82) is 0 Å². The number of hydrogen-bond donors (Lipinski definition) is 2. The lowest BCUT2D eigenvalue weighted by Gasteiger charge is -2.31. The van der Waals surface area contributed by atoms with Crippen molar-refractivity contribution >= 4 is 17.4 Å². The van der Waals surface area contributed by atoms with Gasteiger partial charge in [-0.15, -0.1) is 0 Å². The molecule has 1 atom stereocenters. The van der Waals surface area contributed by atoms with Gasteiger partial charge >= 0.3 is 0 Å². The summed E-state index contributed by atoms with van der Waals surface area (Å²) in [7, 11) is 0. The van der Waals surface area contributed by atoms with E-state index in [0.717, 1.165) is 24.2 Å². The molecule has 7 heteroatoms. The first kappa shape index (κ1) is 22.0. The van der Waals surface area contributed by atoms with Crippen LogP contribution in [0, 0.1) is 13.8 Å². The lowest BCUT2D eigenvalue weighted by Crippen LogP contribution is -2.42. The van der Waals surface area contributed by atoms with Crippen molar-refractivity contribution in [2.75, 3.05) is 39.4 Å². The Kier molecular flexibility index (Phi) is 6.30. The molecule has 0 spiro atoms. The molecule has 7 nitrogen and oxygen atoms in total. The van der Waals surface area contributed by atoms with Crippen LogP contribution in [-0.2, 0) is 14.3 Å². The summed E-state index contributed by atoms with van der Waals surface area (Å²) in [6, 6.07) is 11.3. The number of phenolic OH excluding ortho intramolecular Hbond substituents is 1. The fraction of sp³-hybridized carbons (Fsp3) is 0.360. The number of aryl methyl sites for hydroxylation is 2. The zero-order valence-electron chi connectivity index (χ0n) is 18.4. The number of carbonyl (C=O) groups excluding carboxylic acids is 2. The number of Topliss-reactive ketones (excluding diaryl/α,β-unsaturated/α-hetero) is 1. The van der Waals surface area contributed by atoms with Gasteiger partial charge in [-0.05, 0) is 43.2 Å². The fourth-order valence-electron chi connectivity index (χ4n) is 4.32. The number of ketones is 1. The molecule has 1 unspecified atom stereocenters. The summed E-state index contributed by atoms with van der Waals surface area (Å²) in [5.74, 6) is -1.39. The highest BCUT2D eigenvalue weighted by molar-refractivity contribution is 6.46. The van der Waals surface area contributed by atoms with Crippen LogP contribution in [0.15, 0.2) is 48.0 Å². The number of phenols is 1. The number of aliphatic hydroxyl groups is 1. The Morgan fingerprint density at radius 3 is 2.41 bits per heavy atom. The van der Waals surface area contributed by atoms with Gasteiger partial charge in [0.05, 0.1) is 24.8 Å². The van der Waals surface area contributed by atoms with Crippen molar-refractivity contribution in [3.63, 3.8) is 0 Å². The summed E-state index contributed by atoms with van der Waals surface area (Å²) in [6.45, 7) is 7.56. The van der Waals surface area contributed by atoms with Gasteiger partial charge in [0.25, 0.3) is 11.7 Å². The number of likely N-dealkylation sites (tertiary alicyclic amines) is 1. The number of rotatable bonds is 5. The second-order valence-electron chi connectivity index (χ2n) is 8.36. The van der Waals surface area contributed by atoms with Crippen molar-refractivity contribution in [2.45, 2.75) is 19.9 Å². The maximum atomic E-state index is 13.1. The largest absolute Gasteiger partial charge is 0.508 e. The highest BCUT2D eigenvalue weighted by Gasteiger charge is 2.46. The normalized spacial score (nSPS) is 21.3. The van der Waals surface area contributed by atoms with E-state index in [0.29, 0.717) is 37.4 Å². The first-order valence-corrected chi connectivity index (χ1v) is 10.8. The minimum Gasteiger partial charge on any atom is -0.508 e. The predicted octanol–water partition coefficient (Wildman–Crippen LogP) is 2.76. The molecule has 1 amide bonds. The molecule has 0 saturated carbocycles. The molecule has 4 rings (SSSR count). The number of aromatic hydroxyl groups is 1. The summed E-state index contributed by atoms with van der Waals surface area (Å²) in [4.78, 5) is 29.9. The van der Waals surface area contributed by atoms with Crippen LogP contribution in [0.25, 0.3) is 5.76 Å².